The molecule has 186 valence electrons. The smallest absolute Gasteiger partial charge is 0.249 e. The number of halogens is 2. The molecule has 0 radical (unpaired) electrons. The van der Waals surface area contributed by atoms with Crippen molar-refractivity contribution in [3.05, 3.63) is 101 Å². The average Bonchev–Trinajstić information content (AvgIpc) is 2.96. The van der Waals surface area contributed by atoms with E-state index in [0.29, 0.717) is 19.4 Å². The highest BCUT2D eigenvalue weighted by Crippen LogP contribution is 2.28. The van der Waals surface area contributed by atoms with Crippen molar-refractivity contribution in [1.82, 2.24) is 10.6 Å². The minimum atomic E-state index is -0.947. The van der Waals surface area contributed by atoms with Crippen molar-refractivity contribution < 1.29 is 23.2 Å². The molecule has 0 fully saturated rings. The molecule has 2 N–H and O–H groups in total. The highest BCUT2D eigenvalue weighted by Gasteiger charge is 2.32. The van der Waals surface area contributed by atoms with Gasteiger partial charge in [0.25, 0.3) is 0 Å². The third-order valence-electron chi connectivity index (χ3n) is 6.11. The summed E-state index contributed by atoms with van der Waals surface area (Å²) in [7, 11) is 0. The molecule has 8 heteroatoms. The quantitative estimate of drug-likeness (QED) is 0.529. The summed E-state index contributed by atoms with van der Waals surface area (Å²) in [6.45, 7) is 1.86. The van der Waals surface area contributed by atoms with Gasteiger partial charge in [-0.1, -0.05) is 48.5 Å². The highest BCUT2D eigenvalue weighted by molar-refractivity contribution is 6.01. The second-order valence-corrected chi connectivity index (χ2v) is 8.88. The first-order valence-electron chi connectivity index (χ1n) is 11.8. The first-order valence-corrected chi connectivity index (χ1v) is 11.8. The van der Waals surface area contributed by atoms with E-state index in [2.05, 4.69) is 10.6 Å². The molecule has 0 saturated heterocycles. The summed E-state index contributed by atoms with van der Waals surface area (Å²) in [5, 5.41) is 5.32. The Morgan fingerprint density at radius 3 is 2.36 bits per heavy atom. The van der Waals surface area contributed by atoms with Gasteiger partial charge in [-0.3, -0.25) is 14.4 Å². The zero-order valence-electron chi connectivity index (χ0n) is 19.8. The van der Waals surface area contributed by atoms with Crippen LogP contribution in [-0.2, 0) is 33.8 Å². The van der Waals surface area contributed by atoms with Crippen LogP contribution in [0.3, 0.4) is 0 Å². The van der Waals surface area contributed by atoms with Crippen LogP contribution >= 0.6 is 0 Å². The second-order valence-electron chi connectivity index (χ2n) is 8.88. The SMILES string of the molecule is CC(NC(=O)Cc1cc(F)cc(F)c1)C(=O)NC1CCc2ccccc2N(Cc2ccccc2)C1=O. The summed E-state index contributed by atoms with van der Waals surface area (Å²) in [6, 6.07) is 18.4. The molecule has 3 amide bonds. The summed E-state index contributed by atoms with van der Waals surface area (Å²) in [6.07, 6.45) is 0.731. The first-order chi connectivity index (χ1) is 17.3. The van der Waals surface area contributed by atoms with Crippen molar-refractivity contribution in [3.63, 3.8) is 0 Å². The Kier molecular flexibility index (Phi) is 7.73. The molecule has 0 saturated carbocycles. The maximum absolute atomic E-state index is 13.6. The molecule has 1 heterocycles. The number of fused-ring (bicyclic) bond motifs is 1. The van der Waals surface area contributed by atoms with Crippen LogP contribution in [0.4, 0.5) is 14.5 Å². The largest absolute Gasteiger partial charge is 0.344 e. The molecule has 1 aliphatic rings. The lowest BCUT2D eigenvalue weighted by molar-refractivity contribution is -0.131. The number of anilines is 1. The van der Waals surface area contributed by atoms with Crippen molar-refractivity contribution in [2.75, 3.05) is 4.90 Å². The van der Waals surface area contributed by atoms with Gasteiger partial charge in [-0.2, -0.15) is 0 Å². The van der Waals surface area contributed by atoms with E-state index in [-0.39, 0.29) is 17.9 Å². The topological polar surface area (TPSA) is 78.5 Å². The van der Waals surface area contributed by atoms with Gasteiger partial charge in [0.1, 0.15) is 23.7 Å². The van der Waals surface area contributed by atoms with Crippen molar-refractivity contribution >= 4 is 23.4 Å². The van der Waals surface area contributed by atoms with Gasteiger partial charge >= 0.3 is 0 Å². The molecule has 3 aromatic rings. The van der Waals surface area contributed by atoms with Crippen molar-refractivity contribution in [2.24, 2.45) is 0 Å². The van der Waals surface area contributed by atoms with Crippen LogP contribution in [0.25, 0.3) is 0 Å². The van der Waals surface area contributed by atoms with E-state index in [0.717, 1.165) is 35.0 Å². The highest BCUT2D eigenvalue weighted by atomic mass is 19.1. The molecule has 2 atom stereocenters. The molecule has 0 bridgehead atoms. The number of rotatable bonds is 7. The van der Waals surface area contributed by atoms with Gasteiger partial charge in [0.15, 0.2) is 0 Å². The van der Waals surface area contributed by atoms with Crippen LogP contribution in [0.1, 0.15) is 30.0 Å². The number of hydrogen-bond acceptors (Lipinski definition) is 3. The maximum atomic E-state index is 13.6. The Bertz CT molecular complexity index is 1250. The van der Waals surface area contributed by atoms with Gasteiger partial charge < -0.3 is 15.5 Å². The predicted molar refractivity (Wildman–Crippen MR) is 132 cm³/mol. The molecule has 36 heavy (non-hydrogen) atoms. The fourth-order valence-corrected chi connectivity index (χ4v) is 4.33. The summed E-state index contributed by atoms with van der Waals surface area (Å²) in [5.74, 6) is -2.87. The van der Waals surface area contributed by atoms with Crippen molar-refractivity contribution in [1.29, 1.82) is 0 Å². The minimum absolute atomic E-state index is 0.158. The summed E-state index contributed by atoms with van der Waals surface area (Å²) >= 11 is 0. The normalized spacial score (nSPS) is 16.0. The van der Waals surface area contributed by atoms with Gasteiger partial charge in [0.2, 0.25) is 17.7 Å². The van der Waals surface area contributed by atoms with Crippen LogP contribution < -0.4 is 15.5 Å². The standard InChI is InChI=1S/C28H27F2N3O3/c1-18(31-26(34)15-20-13-22(29)16-23(30)14-20)27(35)32-24-12-11-21-9-5-6-10-25(21)33(28(24)36)17-19-7-3-2-4-8-19/h2-10,13-14,16,18,24H,11-12,15,17H2,1H3,(H,31,34)(H,32,35). The van der Waals surface area contributed by atoms with E-state index >= 15 is 0 Å². The predicted octanol–water partition coefficient (Wildman–Crippen LogP) is 3.68. The number of benzene rings is 3. The monoisotopic (exact) mass is 491 g/mol. The molecule has 0 aliphatic carbocycles. The summed E-state index contributed by atoms with van der Waals surface area (Å²) in [5.41, 5.74) is 2.95. The van der Waals surface area contributed by atoms with Gasteiger partial charge in [0.05, 0.1) is 13.0 Å². The Hall–Kier alpha value is -4.07. The van der Waals surface area contributed by atoms with Crippen LogP contribution in [0.2, 0.25) is 0 Å². The first kappa shape index (κ1) is 25.0. The van der Waals surface area contributed by atoms with E-state index < -0.39 is 35.5 Å². The van der Waals surface area contributed by atoms with Crippen LogP contribution in [0, 0.1) is 11.6 Å². The van der Waals surface area contributed by atoms with Crippen molar-refractivity contribution in [3.8, 4) is 0 Å². The molecule has 0 aromatic heterocycles. The molecule has 2 unspecified atom stereocenters. The zero-order valence-corrected chi connectivity index (χ0v) is 19.8. The number of nitrogens with zero attached hydrogens (tertiary/aromatic N) is 1. The Morgan fingerprint density at radius 2 is 1.64 bits per heavy atom. The Balaban J connectivity index is 1.43. The number of aryl methyl sites for hydroxylation is 1. The lowest BCUT2D eigenvalue weighted by Crippen LogP contribution is -2.53. The van der Waals surface area contributed by atoms with Gasteiger partial charge in [0, 0.05) is 11.8 Å². The van der Waals surface area contributed by atoms with Gasteiger partial charge in [-0.05, 0) is 54.7 Å². The number of nitrogens with one attached hydrogen (secondary N) is 2. The van der Waals surface area contributed by atoms with E-state index in [1.807, 2.05) is 54.6 Å². The van der Waals surface area contributed by atoms with Crippen LogP contribution in [0.15, 0.2) is 72.8 Å². The van der Waals surface area contributed by atoms with Gasteiger partial charge in [-0.15, -0.1) is 0 Å². The number of hydrogen-bond donors (Lipinski definition) is 2. The van der Waals surface area contributed by atoms with Gasteiger partial charge in [-0.25, -0.2) is 8.78 Å². The molecular formula is C28H27F2N3O3. The number of carbonyl (C=O) groups is 3. The molecule has 4 rings (SSSR count). The number of carbonyl (C=O) groups excluding carboxylic acids is 3. The minimum Gasteiger partial charge on any atom is -0.344 e. The van der Waals surface area contributed by atoms with E-state index in [9.17, 15) is 23.2 Å². The molecule has 3 aromatic carbocycles. The van der Waals surface area contributed by atoms with Crippen LogP contribution in [-0.4, -0.2) is 29.8 Å². The lowest BCUT2D eigenvalue weighted by Gasteiger charge is -2.27. The summed E-state index contributed by atoms with van der Waals surface area (Å²) < 4.78 is 26.8. The Morgan fingerprint density at radius 1 is 0.972 bits per heavy atom. The van der Waals surface area contributed by atoms with Crippen LogP contribution in [0.5, 0.6) is 0 Å². The second kappa shape index (κ2) is 11.1. The van der Waals surface area contributed by atoms with E-state index in [1.54, 1.807) is 4.90 Å². The van der Waals surface area contributed by atoms with Crippen molar-refractivity contribution in [2.45, 2.75) is 44.8 Å². The number of amides is 3. The maximum Gasteiger partial charge on any atom is 0.249 e. The molecule has 6 nitrogen and oxygen atoms in total. The lowest BCUT2D eigenvalue weighted by atomic mass is 10.1. The van der Waals surface area contributed by atoms with E-state index in [1.165, 1.54) is 6.92 Å². The summed E-state index contributed by atoms with van der Waals surface area (Å²) in [4.78, 5) is 40.5. The Labute approximate surface area is 208 Å². The number of para-hydroxylation sites is 1. The molecular weight excluding hydrogens is 464 g/mol. The fourth-order valence-electron chi connectivity index (χ4n) is 4.33. The zero-order chi connectivity index (χ0) is 25.7. The molecule has 0 spiro atoms. The molecule has 1 aliphatic heterocycles. The third kappa shape index (κ3) is 6.13. The van der Waals surface area contributed by atoms with E-state index in [4.69, 9.17) is 0 Å². The average molecular weight is 492 g/mol. The third-order valence-corrected chi connectivity index (χ3v) is 6.11. The fraction of sp³-hybridized carbons (Fsp3) is 0.250.